The van der Waals surface area contributed by atoms with Gasteiger partial charge in [0, 0.05) is 11.6 Å². The Hall–Kier alpha value is -2.35. The summed E-state index contributed by atoms with van der Waals surface area (Å²) in [5, 5.41) is 3.03. The topological polar surface area (TPSA) is 29.1 Å². The van der Waals surface area contributed by atoms with E-state index < -0.39 is 0 Å². The molecule has 102 valence electrons. The van der Waals surface area contributed by atoms with Crippen LogP contribution in [0.25, 0.3) is 6.08 Å². The van der Waals surface area contributed by atoms with Gasteiger partial charge in [0.25, 0.3) is 5.91 Å². The van der Waals surface area contributed by atoms with Crippen molar-refractivity contribution >= 4 is 12.0 Å². The summed E-state index contributed by atoms with van der Waals surface area (Å²) in [6, 6.07) is 19.4. The van der Waals surface area contributed by atoms with Crippen molar-refractivity contribution in [2.75, 3.05) is 0 Å². The molecule has 0 aliphatic carbocycles. The van der Waals surface area contributed by atoms with E-state index in [2.05, 4.69) is 12.2 Å². The van der Waals surface area contributed by atoms with Crippen LogP contribution in [-0.4, -0.2) is 11.9 Å². The summed E-state index contributed by atoms with van der Waals surface area (Å²) >= 11 is 0. The van der Waals surface area contributed by atoms with Gasteiger partial charge in [-0.05, 0) is 24.1 Å². The first-order valence-electron chi connectivity index (χ1n) is 6.88. The molecule has 0 spiro atoms. The second-order valence-corrected chi connectivity index (χ2v) is 4.62. The minimum atomic E-state index is -0.0323. The fraction of sp³-hybridized carbons (Fsp3) is 0.167. The number of rotatable bonds is 5. The molecule has 2 aromatic carbocycles. The molecule has 0 fully saturated rings. The maximum absolute atomic E-state index is 12.1. The third kappa shape index (κ3) is 4.09. The van der Waals surface area contributed by atoms with Crippen molar-refractivity contribution in [3.8, 4) is 0 Å². The Balaban J connectivity index is 1.99. The van der Waals surface area contributed by atoms with Gasteiger partial charge < -0.3 is 5.32 Å². The van der Waals surface area contributed by atoms with E-state index in [1.165, 1.54) is 0 Å². The number of hydrogen-bond donors (Lipinski definition) is 1. The number of carbonyl (C=O) groups excluding carboxylic acids is 1. The minimum absolute atomic E-state index is 0.0323. The van der Waals surface area contributed by atoms with E-state index in [0.29, 0.717) is 5.56 Å². The van der Waals surface area contributed by atoms with E-state index in [1.54, 1.807) is 0 Å². The molecule has 2 nitrogen and oxygen atoms in total. The normalized spacial score (nSPS) is 12.2. The number of hydrogen-bond acceptors (Lipinski definition) is 1. The van der Waals surface area contributed by atoms with Gasteiger partial charge in [-0.1, -0.05) is 67.6 Å². The fourth-order valence-electron chi connectivity index (χ4n) is 1.92. The number of benzene rings is 2. The van der Waals surface area contributed by atoms with Crippen LogP contribution in [0, 0.1) is 0 Å². The van der Waals surface area contributed by atoms with E-state index in [1.807, 2.05) is 72.8 Å². The van der Waals surface area contributed by atoms with Gasteiger partial charge in [-0.3, -0.25) is 4.79 Å². The molecule has 0 saturated heterocycles. The molecule has 1 atom stereocenters. The van der Waals surface area contributed by atoms with E-state index in [0.717, 1.165) is 12.0 Å². The summed E-state index contributed by atoms with van der Waals surface area (Å²) in [4.78, 5) is 12.1. The Labute approximate surface area is 120 Å². The minimum Gasteiger partial charge on any atom is -0.346 e. The predicted molar refractivity (Wildman–Crippen MR) is 83.5 cm³/mol. The van der Waals surface area contributed by atoms with E-state index >= 15 is 0 Å². The van der Waals surface area contributed by atoms with Crippen molar-refractivity contribution in [1.82, 2.24) is 5.32 Å². The van der Waals surface area contributed by atoms with Gasteiger partial charge >= 0.3 is 0 Å². The number of nitrogens with one attached hydrogen (secondary N) is 1. The lowest BCUT2D eigenvalue weighted by atomic mass is 10.1. The van der Waals surface area contributed by atoms with Gasteiger partial charge in [0.15, 0.2) is 0 Å². The van der Waals surface area contributed by atoms with Gasteiger partial charge in [0.1, 0.15) is 0 Å². The second-order valence-electron chi connectivity index (χ2n) is 4.62. The van der Waals surface area contributed by atoms with Crippen LogP contribution in [0.3, 0.4) is 0 Å². The molecule has 0 radical (unpaired) electrons. The second kappa shape index (κ2) is 7.29. The Morgan fingerprint density at radius 3 is 2.25 bits per heavy atom. The fourth-order valence-corrected chi connectivity index (χ4v) is 1.92. The Bertz CT molecular complexity index is 560. The molecule has 0 saturated carbocycles. The van der Waals surface area contributed by atoms with Gasteiger partial charge in [0.2, 0.25) is 0 Å². The molecule has 2 aromatic rings. The summed E-state index contributed by atoms with van der Waals surface area (Å²) < 4.78 is 0. The monoisotopic (exact) mass is 265 g/mol. The van der Waals surface area contributed by atoms with Crippen molar-refractivity contribution in [2.24, 2.45) is 0 Å². The van der Waals surface area contributed by atoms with Crippen LogP contribution < -0.4 is 5.32 Å². The average Bonchev–Trinajstić information content (AvgIpc) is 2.53. The van der Waals surface area contributed by atoms with Gasteiger partial charge in [0.05, 0.1) is 0 Å². The SMILES string of the molecule is CC[C@H](/C=C/c1ccccc1)NC(=O)c1ccccc1. The smallest absolute Gasteiger partial charge is 0.251 e. The molecule has 1 N–H and O–H groups in total. The van der Waals surface area contributed by atoms with Crippen LogP contribution in [0.2, 0.25) is 0 Å². The van der Waals surface area contributed by atoms with Crippen molar-refractivity contribution in [2.45, 2.75) is 19.4 Å². The highest BCUT2D eigenvalue weighted by Crippen LogP contribution is 2.05. The van der Waals surface area contributed by atoms with Crippen LogP contribution in [0.5, 0.6) is 0 Å². The summed E-state index contributed by atoms with van der Waals surface area (Å²) in [5.41, 5.74) is 1.83. The van der Waals surface area contributed by atoms with Crippen LogP contribution in [0.4, 0.5) is 0 Å². The predicted octanol–water partition coefficient (Wildman–Crippen LogP) is 3.91. The number of carbonyl (C=O) groups is 1. The largest absolute Gasteiger partial charge is 0.346 e. The van der Waals surface area contributed by atoms with Crippen molar-refractivity contribution < 1.29 is 4.79 Å². The molecule has 0 bridgehead atoms. The first-order chi connectivity index (χ1) is 9.79. The zero-order valence-corrected chi connectivity index (χ0v) is 11.6. The summed E-state index contributed by atoms with van der Waals surface area (Å²) in [5.74, 6) is -0.0323. The van der Waals surface area contributed by atoms with Crippen LogP contribution in [-0.2, 0) is 0 Å². The highest BCUT2D eigenvalue weighted by atomic mass is 16.1. The van der Waals surface area contributed by atoms with Gasteiger partial charge in [-0.2, -0.15) is 0 Å². The lowest BCUT2D eigenvalue weighted by Crippen LogP contribution is -2.32. The molecule has 0 aromatic heterocycles. The van der Waals surface area contributed by atoms with Crippen LogP contribution in [0.15, 0.2) is 66.7 Å². The summed E-state index contributed by atoms with van der Waals surface area (Å²) in [7, 11) is 0. The summed E-state index contributed by atoms with van der Waals surface area (Å²) in [6.07, 6.45) is 4.94. The maximum atomic E-state index is 12.1. The quantitative estimate of drug-likeness (QED) is 0.872. The average molecular weight is 265 g/mol. The molecule has 20 heavy (non-hydrogen) atoms. The molecule has 0 heterocycles. The van der Waals surface area contributed by atoms with Gasteiger partial charge in [-0.15, -0.1) is 0 Å². The Morgan fingerprint density at radius 1 is 1.05 bits per heavy atom. The van der Waals surface area contributed by atoms with Crippen LogP contribution >= 0.6 is 0 Å². The highest BCUT2D eigenvalue weighted by Gasteiger charge is 2.08. The van der Waals surface area contributed by atoms with Crippen molar-refractivity contribution in [1.29, 1.82) is 0 Å². The van der Waals surface area contributed by atoms with Gasteiger partial charge in [-0.25, -0.2) is 0 Å². The van der Waals surface area contributed by atoms with E-state index in [-0.39, 0.29) is 11.9 Å². The van der Waals surface area contributed by atoms with E-state index in [9.17, 15) is 4.79 Å². The Kier molecular flexibility index (Phi) is 5.13. The molecule has 2 rings (SSSR count). The van der Waals surface area contributed by atoms with Crippen molar-refractivity contribution in [3.63, 3.8) is 0 Å². The third-order valence-corrected chi connectivity index (χ3v) is 3.11. The maximum Gasteiger partial charge on any atom is 0.251 e. The Morgan fingerprint density at radius 2 is 1.65 bits per heavy atom. The molecule has 0 unspecified atom stereocenters. The first-order valence-corrected chi connectivity index (χ1v) is 6.88. The molecule has 0 aliphatic heterocycles. The van der Waals surface area contributed by atoms with Crippen LogP contribution in [0.1, 0.15) is 29.3 Å². The summed E-state index contributed by atoms with van der Waals surface area (Å²) in [6.45, 7) is 2.06. The lowest BCUT2D eigenvalue weighted by molar-refractivity contribution is 0.0944. The number of amides is 1. The zero-order chi connectivity index (χ0) is 14.2. The van der Waals surface area contributed by atoms with E-state index in [4.69, 9.17) is 0 Å². The third-order valence-electron chi connectivity index (χ3n) is 3.11. The molecule has 0 aliphatic rings. The molecular weight excluding hydrogens is 246 g/mol. The molecular formula is C18H19NO. The lowest BCUT2D eigenvalue weighted by Gasteiger charge is -2.13. The first kappa shape index (κ1) is 14.1. The zero-order valence-electron chi connectivity index (χ0n) is 11.6. The van der Waals surface area contributed by atoms with Crippen molar-refractivity contribution in [3.05, 3.63) is 77.9 Å². The molecule has 2 heteroatoms. The standard InChI is InChI=1S/C18H19NO/c1-2-17(14-13-15-9-5-3-6-10-15)19-18(20)16-11-7-4-8-12-16/h3-14,17H,2H2,1H3,(H,19,20)/b14-13+/t17-/m1/s1. The highest BCUT2D eigenvalue weighted by molar-refractivity contribution is 5.94. The molecule has 1 amide bonds.